The molecule has 0 saturated carbocycles. The van der Waals surface area contributed by atoms with Crippen LogP contribution >= 0.6 is 23.1 Å². The van der Waals surface area contributed by atoms with Gasteiger partial charge in [-0.2, -0.15) is 11.8 Å². The van der Waals surface area contributed by atoms with E-state index in [2.05, 4.69) is 29.4 Å². The van der Waals surface area contributed by atoms with Gasteiger partial charge < -0.3 is 9.15 Å². The van der Waals surface area contributed by atoms with Gasteiger partial charge in [0.1, 0.15) is 5.75 Å². The first-order valence-corrected chi connectivity index (χ1v) is 9.10. The quantitative estimate of drug-likeness (QED) is 0.569. The molecule has 0 aliphatic heterocycles. The number of hydrogen-bond acceptors (Lipinski definition) is 5. The molecule has 0 radical (unpaired) electrons. The topological polar surface area (TPSA) is 35.3 Å². The lowest BCUT2D eigenvalue weighted by Gasteiger charge is -2.06. The van der Waals surface area contributed by atoms with Crippen LogP contribution in [0.3, 0.4) is 0 Å². The number of ether oxygens (including phenoxy) is 1. The predicted molar refractivity (Wildman–Crippen MR) is 92.7 cm³/mol. The fourth-order valence-electron chi connectivity index (χ4n) is 1.99. The fourth-order valence-corrected chi connectivity index (χ4v) is 3.58. The molecule has 0 atom stereocenters. The molecule has 0 aliphatic carbocycles. The van der Waals surface area contributed by atoms with Crippen molar-refractivity contribution in [3.05, 3.63) is 59.3 Å². The number of benzene rings is 1. The molecule has 5 heteroatoms. The number of aryl methyl sites for hydroxylation is 1. The van der Waals surface area contributed by atoms with Gasteiger partial charge in [-0.1, -0.05) is 12.1 Å². The second-order valence-corrected chi connectivity index (χ2v) is 6.80. The van der Waals surface area contributed by atoms with Crippen LogP contribution in [-0.4, -0.2) is 17.3 Å². The van der Waals surface area contributed by atoms with Crippen molar-refractivity contribution in [2.45, 2.75) is 12.7 Å². The third kappa shape index (κ3) is 4.15. The van der Waals surface area contributed by atoms with Gasteiger partial charge in [0.15, 0.2) is 10.8 Å². The zero-order chi connectivity index (χ0) is 15.2. The molecule has 3 aromatic rings. The van der Waals surface area contributed by atoms with Crippen LogP contribution < -0.4 is 4.74 Å². The number of hydrogen-bond donors (Lipinski definition) is 0. The maximum Gasteiger partial charge on any atom is 0.162 e. The van der Waals surface area contributed by atoms with Crippen molar-refractivity contribution in [3.8, 4) is 16.5 Å². The molecule has 0 unspecified atom stereocenters. The summed E-state index contributed by atoms with van der Waals surface area (Å²) < 4.78 is 11.1. The highest BCUT2D eigenvalue weighted by Gasteiger charge is 2.06. The average molecular weight is 331 g/mol. The monoisotopic (exact) mass is 331 g/mol. The Labute approximate surface area is 138 Å². The van der Waals surface area contributed by atoms with Crippen molar-refractivity contribution >= 4 is 23.1 Å². The van der Waals surface area contributed by atoms with Crippen molar-refractivity contribution in [3.63, 3.8) is 0 Å². The summed E-state index contributed by atoms with van der Waals surface area (Å²) in [6.45, 7) is 2.78. The van der Waals surface area contributed by atoms with E-state index in [1.807, 2.05) is 36.0 Å². The molecule has 0 N–H and O–H groups in total. The third-order valence-corrected chi connectivity index (χ3v) is 4.88. The summed E-state index contributed by atoms with van der Waals surface area (Å²) in [6, 6.07) is 12.0. The van der Waals surface area contributed by atoms with Gasteiger partial charge in [-0.3, -0.25) is 0 Å². The van der Waals surface area contributed by atoms with Gasteiger partial charge in [0.2, 0.25) is 0 Å². The van der Waals surface area contributed by atoms with Gasteiger partial charge in [0.05, 0.1) is 18.6 Å². The first-order valence-electron chi connectivity index (χ1n) is 7.07. The average Bonchev–Trinajstić information content (AvgIpc) is 3.18. The Balaban J connectivity index is 1.40. The van der Waals surface area contributed by atoms with E-state index in [0.717, 1.165) is 33.7 Å². The molecule has 0 spiro atoms. The van der Waals surface area contributed by atoms with Gasteiger partial charge in [-0.25, -0.2) is 4.98 Å². The molecule has 2 heterocycles. The van der Waals surface area contributed by atoms with Crippen LogP contribution in [0.2, 0.25) is 0 Å². The predicted octanol–water partition coefficient (Wildman–Crippen LogP) is 5.02. The van der Waals surface area contributed by atoms with E-state index in [1.54, 1.807) is 17.6 Å². The zero-order valence-electron chi connectivity index (χ0n) is 12.3. The summed E-state index contributed by atoms with van der Waals surface area (Å²) in [7, 11) is 0. The Bertz CT molecular complexity index is 707. The standard InChI is InChI=1S/C17H17NO2S2/c1-13-4-2-5-15(10-13)19-8-9-21-11-14-12-22-17(18-14)16-6-3-7-20-16/h2-7,10,12H,8-9,11H2,1H3. The van der Waals surface area contributed by atoms with Crippen molar-refractivity contribution in [1.82, 2.24) is 4.98 Å². The van der Waals surface area contributed by atoms with E-state index in [-0.39, 0.29) is 0 Å². The summed E-state index contributed by atoms with van der Waals surface area (Å²) in [6.07, 6.45) is 1.67. The van der Waals surface area contributed by atoms with Gasteiger partial charge >= 0.3 is 0 Å². The number of nitrogens with zero attached hydrogens (tertiary/aromatic N) is 1. The van der Waals surface area contributed by atoms with Crippen molar-refractivity contribution in [2.24, 2.45) is 0 Å². The first-order chi connectivity index (χ1) is 10.8. The van der Waals surface area contributed by atoms with E-state index >= 15 is 0 Å². The van der Waals surface area contributed by atoms with E-state index in [4.69, 9.17) is 9.15 Å². The van der Waals surface area contributed by atoms with Crippen molar-refractivity contribution < 1.29 is 9.15 Å². The Kier molecular flexibility index (Phi) is 5.19. The molecule has 0 aliphatic rings. The van der Waals surface area contributed by atoms with Crippen LogP contribution in [0.5, 0.6) is 5.75 Å². The Morgan fingerprint density at radius 2 is 2.23 bits per heavy atom. The normalized spacial score (nSPS) is 10.8. The smallest absolute Gasteiger partial charge is 0.162 e. The minimum atomic E-state index is 0.712. The zero-order valence-corrected chi connectivity index (χ0v) is 14.0. The molecule has 0 fully saturated rings. The second-order valence-electron chi connectivity index (χ2n) is 4.84. The summed E-state index contributed by atoms with van der Waals surface area (Å²) in [4.78, 5) is 4.58. The Hall–Kier alpha value is -1.72. The molecule has 0 saturated heterocycles. The van der Waals surface area contributed by atoms with Crippen LogP contribution in [0.15, 0.2) is 52.5 Å². The molecule has 0 bridgehead atoms. The van der Waals surface area contributed by atoms with Gasteiger partial charge in [-0.15, -0.1) is 11.3 Å². The number of aromatic nitrogens is 1. The van der Waals surface area contributed by atoms with E-state index < -0.39 is 0 Å². The molecule has 0 amide bonds. The molecule has 1 aromatic carbocycles. The largest absolute Gasteiger partial charge is 0.493 e. The third-order valence-electron chi connectivity index (χ3n) is 3.02. The first kappa shape index (κ1) is 15.2. The summed E-state index contributed by atoms with van der Waals surface area (Å²) >= 11 is 3.45. The van der Waals surface area contributed by atoms with Crippen LogP contribution in [0.1, 0.15) is 11.3 Å². The number of thioether (sulfide) groups is 1. The lowest BCUT2D eigenvalue weighted by atomic mass is 10.2. The van der Waals surface area contributed by atoms with Gasteiger partial charge in [0, 0.05) is 16.9 Å². The van der Waals surface area contributed by atoms with Gasteiger partial charge in [0.25, 0.3) is 0 Å². The molecule has 22 heavy (non-hydrogen) atoms. The molecular formula is C17H17NO2S2. The second kappa shape index (κ2) is 7.51. The van der Waals surface area contributed by atoms with Crippen LogP contribution in [0.25, 0.3) is 10.8 Å². The molecule has 3 nitrogen and oxygen atoms in total. The Morgan fingerprint density at radius 3 is 3.05 bits per heavy atom. The molecule has 3 rings (SSSR count). The lowest BCUT2D eigenvalue weighted by molar-refractivity contribution is 0.343. The minimum Gasteiger partial charge on any atom is -0.493 e. The van der Waals surface area contributed by atoms with E-state index in [9.17, 15) is 0 Å². The highest BCUT2D eigenvalue weighted by atomic mass is 32.2. The molecule has 114 valence electrons. The Morgan fingerprint density at radius 1 is 1.27 bits per heavy atom. The van der Waals surface area contributed by atoms with Crippen molar-refractivity contribution in [2.75, 3.05) is 12.4 Å². The van der Waals surface area contributed by atoms with Crippen molar-refractivity contribution in [1.29, 1.82) is 0 Å². The summed E-state index contributed by atoms with van der Waals surface area (Å²) in [5.41, 5.74) is 2.31. The fraction of sp³-hybridized carbons (Fsp3) is 0.235. The molecular weight excluding hydrogens is 314 g/mol. The van der Waals surface area contributed by atoms with Crippen LogP contribution in [-0.2, 0) is 5.75 Å². The lowest BCUT2D eigenvalue weighted by Crippen LogP contribution is -2.00. The van der Waals surface area contributed by atoms with E-state index in [1.165, 1.54) is 5.56 Å². The van der Waals surface area contributed by atoms with Crippen LogP contribution in [0, 0.1) is 6.92 Å². The highest BCUT2D eigenvalue weighted by molar-refractivity contribution is 7.98. The number of rotatable bonds is 7. The summed E-state index contributed by atoms with van der Waals surface area (Å²) in [5.74, 6) is 3.62. The van der Waals surface area contributed by atoms with Gasteiger partial charge in [-0.05, 0) is 36.8 Å². The minimum absolute atomic E-state index is 0.712. The SMILES string of the molecule is Cc1cccc(OCCSCc2csc(-c3ccco3)n2)c1. The van der Waals surface area contributed by atoms with Crippen LogP contribution in [0.4, 0.5) is 0 Å². The maximum absolute atomic E-state index is 5.74. The summed E-state index contributed by atoms with van der Waals surface area (Å²) in [5, 5.41) is 3.03. The van der Waals surface area contributed by atoms with E-state index in [0.29, 0.717) is 6.61 Å². The molecule has 2 aromatic heterocycles. The highest BCUT2D eigenvalue weighted by Crippen LogP contribution is 2.25. The number of thiazole rings is 1. The number of furan rings is 1. The maximum atomic E-state index is 5.74.